The van der Waals surface area contributed by atoms with Crippen LogP contribution in [0, 0.1) is 0 Å². The average molecular weight is 486 g/mol. The Morgan fingerprint density at radius 3 is 2.56 bits per heavy atom. The molecule has 0 spiro atoms. The number of hydrogen-bond acceptors (Lipinski definition) is 4. The van der Waals surface area contributed by atoms with E-state index in [0.29, 0.717) is 12.1 Å². The van der Waals surface area contributed by atoms with E-state index in [0.717, 1.165) is 23.8 Å². The lowest BCUT2D eigenvalue weighted by Crippen LogP contribution is -2.33. The summed E-state index contributed by atoms with van der Waals surface area (Å²) in [6.07, 6.45) is 1.80. The van der Waals surface area contributed by atoms with Crippen LogP contribution in [0.5, 0.6) is 0 Å². The molecule has 0 aliphatic rings. The predicted molar refractivity (Wildman–Crippen MR) is 115 cm³/mol. The number of carbonyl (C=O) groups is 1. The van der Waals surface area contributed by atoms with E-state index in [-0.39, 0.29) is 17.3 Å². The van der Waals surface area contributed by atoms with Gasteiger partial charge < -0.3 is 10.6 Å². The Morgan fingerprint density at radius 2 is 1.97 bits per heavy atom. The number of sulfone groups is 1. The lowest BCUT2D eigenvalue weighted by atomic mass is 10.2. The molecular weight excluding hydrogens is 467 g/mol. The third-order valence-corrected chi connectivity index (χ3v) is 6.33. The molecule has 0 atom stereocenters. The van der Waals surface area contributed by atoms with Gasteiger partial charge in [-0.25, -0.2) is 13.2 Å². The molecule has 0 aliphatic carbocycles. The molecule has 0 bridgehead atoms. The first kappa shape index (κ1) is 25.2. The molecule has 0 aliphatic heterocycles. The van der Waals surface area contributed by atoms with Crippen molar-refractivity contribution in [3.63, 3.8) is 0 Å². The summed E-state index contributed by atoms with van der Waals surface area (Å²) in [5.41, 5.74) is -0.0943. The Bertz CT molecular complexity index is 1160. The highest BCUT2D eigenvalue weighted by atomic mass is 35.5. The van der Waals surface area contributed by atoms with Gasteiger partial charge in [-0.2, -0.15) is 13.2 Å². The fraction of sp³-hybridized carbons (Fsp3) is 0.143. The minimum Gasteiger partial charge on any atom is -0.334 e. The summed E-state index contributed by atoms with van der Waals surface area (Å²) in [7, 11) is -4.40. The third-order valence-electron chi connectivity index (χ3n) is 4.04. The number of rotatable bonds is 7. The molecule has 0 radical (unpaired) electrons. The number of allylic oxidation sites excluding steroid dienone is 4. The summed E-state index contributed by atoms with van der Waals surface area (Å²) in [5.74, 6) is 0. The smallest absolute Gasteiger partial charge is 0.334 e. The SMILES string of the molecule is C=C/C(=C\C=C(/C)NC(=O)NCc1cccnc1)S(=O)(=O)c1cc(C(F)(F)F)ccc1Cl. The maximum absolute atomic E-state index is 13.0. The van der Waals surface area contributed by atoms with Crippen molar-refractivity contribution in [3.8, 4) is 0 Å². The van der Waals surface area contributed by atoms with Crippen LogP contribution < -0.4 is 10.6 Å². The highest BCUT2D eigenvalue weighted by Crippen LogP contribution is 2.35. The topological polar surface area (TPSA) is 88.2 Å². The fourth-order valence-corrected chi connectivity index (χ4v) is 4.19. The molecule has 11 heteroatoms. The molecule has 2 N–H and O–H groups in total. The molecule has 6 nitrogen and oxygen atoms in total. The van der Waals surface area contributed by atoms with Gasteiger partial charge in [0.1, 0.15) is 0 Å². The van der Waals surface area contributed by atoms with Crippen molar-refractivity contribution in [2.75, 3.05) is 0 Å². The van der Waals surface area contributed by atoms with Gasteiger partial charge in [-0.15, -0.1) is 0 Å². The number of benzene rings is 1. The first-order valence-electron chi connectivity index (χ1n) is 9.01. The number of nitrogens with zero attached hydrogens (tertiary/aromatic N) is 1. The summed E-state index contributed by atoms with van der Waals surface area (Å²) in [6, 6.07) is 4.98. The summed E-state index contributed by atoms with van der Waals surface area (Å²) in [6.45, 7) is 5.14. The second-order valence-corrected chi connectivity index (χ2v) is 8.76. The van der Waals surface area contributed by atoms with Crippen LogP contribution in [0.1, 0.15) is 18.1 Å². The molecule has 170 valence electrons. The van der Waals surface area contributed by atoms with Gasteiger partial charge in [-0.05, 0) is 48.9 Å². The molecule has 2 aromatic rings. The molecule has 0 fully saturated rings. The first-order chi connectivity index (χ1) is 14.9. The lowest BCUT2D eigenvalue weighted by Gasteiger charge is -2.12. The van der Waals surface area contributed by atoms with Gasteiger partial charge in [0.2, 0.25) is 9.84 Å². The number of carbonyl (C=O) groups excluding carboxylic acids is 1. The van der Waals surface area contributed by atoms with E-state index in [2.05, 4.69) is 22.2 Å². The van der Waals surface area contributed by atoms with Crippen LogP contribution in [0.2, 0.25) is 5.02 Å². The number of nitrogens with one attached hydrogen (secondary N) is 2. The van der Waals surface area contributed by atoms with Crippen molar-refractivity contribution >= 4 is 27.5 Å². The maximum Gasteiger partial charge on any atom is 0.416 e. The zero-order valence-electron chi connectivity index (χ0n) is 16.8. The quantitative estimate of drug-likeness (QED) is 0.540. The summed E-state index contributed by atoms with van der Waals surface area (Å²) >= 11 is 5.86. The fourth-order valence-electron chi connectivity index (χ4n) is 2.44. The van der Waals surface area contributed by atoms with Crippen LogP contribution in [0.25, 0.3) is 0 Å². The normalized spacial score (nSPS) is 12.9. The van der Waals surface area contributed by atoms with Gasteiger partial charge in [-0.1, -0.05) is 30.3 Å². The van der Waals surface area contributed by atoms with E-state index < -0.39 is 37.4 Å². The van der Waals surface area contributed by atoms with Gasteiger partial charge in [0, 0.05) is 24.6 Å². The molecule has 32 heavy (non-hydrogen) atoms. The standard InChI is InChI=1S/C21H19ClF3N3O3S/c1-3-17(32(30,31)19-11-16(21(23,24)25)7-9-18(19)22)8-6-14(2)28-20(29)27-13-15-5-4-10-26-12-15/h3-12H,1,13H2,2H3,(H2,27,28,29)/b14-6+,17-8+. The second kappa shape index (κ2) is 10.5. The van der Waals surface area contributed by atoms with Crippen LogP contribution >= 0.6 is 11.6 Å². The average Bonchev–Trinajstić information content (AvgIpc) is 2.72. The van der Waals surface area contributed by atoms with Crippen molar-refractivity contribution in [1.82, 2.24) is 15.6 Å². The Hall–Kier alpha value is -3.11. The molecule has 0 saturated heterocycles. The van der Waals surface area contributed by atoms with Crippen LogP contribution in [-0.2, 0) is 22.6 Å². The number of aromatic nitrogens is 1. The molecule has 2 amide bonds. The van der Waals surface area contributed by atoms with E-state index in [4.69, 9.17) is 11.6 Å². The molecule has 0 saturated carbocycles. The second-order valence-electron chi connectivity index (χ2n) is 6.44. The van der Waals surface area contributed by atoms with E-state index in [9.17, 15) is 26.4 Å². The number of amides is 2. The van der Waals surface area contributed by atoms with Crippen LogP contribution in [0.3, 0.4) is 0 Å². The van der Waals surface area contributed by atoms with E-state index in [1.807, 2.05) is 0 Å². The van der Waals surface area contributed by atoms with Gasteiger partial charge >= 0.3 is 12.2 Å². The predicted octanol–water partition coefficient (Wildman–Crippen LogP) is 5.00. The number of halogens is 4. The van der Waals surface area contributed by atoms with Crippen molar-refractivity contribution in [2.24, 2.45) is 0 Å². The molecular formula is C21H19ClF3N3O3S. The Kier molecular flexibility index (Phi) is 8.23. The number of urea groups is 1. The summed E-state index contributed by atoms with van der Waals surface area (Å²) in [4.78, 5) is 14.8. The summed E-state index contributed by atoms with van der Waals surface area (Å²) < 4.78 is 64.6. The zero-order chi connectivity index (χ0) is 23.9. The highest BCUT2D eigenvalue weighted by molar-refractivity contribution is 7.95. The van der Waals surface area contributed by atoms with Gasteiger partial charge in [0.15, 0.2) is 0 Å². The summed E-state index contributed by atoms with van der Waals surface area (Å²) in [5, 5.41) is 4.74. The number of alkyl halides is 3. The lowest BCUT2D eigenvalue weighted by molar-refractivity contribution is -0.137. The highest BCUT2D eigenvalue weighted by Gasteiger charge is 2.33. The zero-order valence-corrected chi connectivity index (χ0v) is 18.4. The number of hydrogen-bond donors (Lipinski definition) is 2. The van der Waals surface area contributed by atoms with Gasteiger partial charge in [-0.3, -0.25) is 4.98 Å². The molecule has 2 rings (SSSR count). The first-order valence-corrected chi connectivity index (χ1v) is 10.9. The van der Waals surface area contributed by atoms with E-state index >= 15 is 0 Å². The van der Waals surface area contributed by atoms with Gasteiger partial charge in [0.25, 0.3) is 0 Å². The minimum absolute atomic E-state index is 0.225. The van der Waals surface area contributed by atoms with E-state index in [1.165, 1.54) is 13.0 Å². The largest absolute Gasteiger partial charge is 0.416 e. The Labute approximate surface area is 188 Å². The van der Waals surface area contributed by atoms with Crippen LogP contribution in [-0.4, -0.2) is 19.4 Å². The molecule has 0 unspecified atom stereocenters. The van der Waals surface area contributed by atoms with Crippen LogP contribution in [0.4, 0.5) is 18.0 Å². The molecule has 1 aromatic carbocycles. The van der Waals surface area contributed by atoms with Crippen molar-refractivity contribution < 1.29 is 26.4 Å². The van der Waals surface area contributed by atoms with Crippen molar-refractivity contribution in [3.05, 3.63) is 94.3 Å². The van der Waals surface area contributed by atoms with Gasteiger partial charge in [0.05, 0.1) is 20.4 Å². The minimum atomic E-state index is -4.74. The number of pyridine rings is 1. The molecule has 1 aromatic heterocycles. The van der Waals surface area contributed by atoms with Crippen molar-refractivity contribution in [1.29, 1.82) is 0 Å². The van der Waals surface area contributed by atoms with E-state index in [1.54, 1.807) is 24.5 Å². The molecule has 1 heterocycles. The maximum atomic E-state index is 13.0. The Morgan fingerprint density at radius 1 is 1.25 bits per heavy atom. The third kappa shape index (κ3) is 6.69. The van der Waals surface area contributed by atoms with Crippen molar-refractivity contribution in [2.45, 2.75) is 24.5 Å². The Balaban J connectivity index is 2.19. The van der Waals surface area contributed by atoms with Crippen LogP contribution in [0.15, 0.2) is 83.0 Å². The monoisotopic (exact) mass is 485 g/mol.